The molecule has 0 unspecified atom stereocenters. The van der Waals surface area contributed by atoms with Crippen molar-refractivity contribution in [2.45, 2.75) is 53.0 Å². The van der Waals surface area contributed by atoms with Gasteiger partial charge >= 0.3 is 0 Å². The molecule has 2 aromatic rings. The van der Waals surface area contributed by atoms with Gasteiger partial charge in [-0.3, -0.25) is 0 Å². The first-order valence-electron chi connectivity index (χ1n) is 7.37. The van der Waals surface area contributed by atoms with Gasteiger partial charge in [-0.1, -0.05) is 13.3 Å². The van der Waals surface area contributed by atoms with Gasteiger partial charge in [-0.2, -0.15) is 0 Å². The van der Waals surface area contributed by atoms with Crippen LogP contribution >= 0.6 is 0 Å². The molecule has 2 nitrogen and oxygen atoms in total. The topological polar surface area (TPSA) is 25.2 Å². The van der Waals surface area contributed by atoms with E-state index in [2.05, 4.69) is 43.7 Å². The van der Waals surface area contributed by atoms with E-state index >= 15 is 0 Å². The van der Waals surface area contributed by atoms with Crippen LogP contribution in [0.2, 0.25) is 0 Å². The number of rotatable bonds is 6. The smallest absolute Gasteiger partial charge is 0.0486 e. The van der Waals surface area contributed by atoms with Crippen molar-refractivity contribution in [3.05, 3.63) is 35.0 Å². The van der Waals surface area contributed by atoms with Crippen LogP contribution in [0.25, 0.3) is 10.9 Å². The SMILES string of the molecule is CCCCc1cn(CCCO)c2cc(C)c(C)cc12. The lowest BCUT2D eigenvalue weighted by molar-refractivity contribution is 0.280. The third kappa shape index (κ3) is 3.01. The van der Waals surface area contributed by atoms with Crippen LogP contribution in [0.4, 0.5) is 0 Å². The van der Waals surface area contributed by atoms with Crippen molar-refractivity contribution in [1.29, 1.82) is 0 Å². The highest BCUT2D eigenvalue weighted by atomic mass is 16.3. The minimum absolute atomic E-state index is 0.259. The van der Waals surface area contributed by atoms with Crippen LogP contribution in [0, 0.1) is 13.8 Å². The standard InChI is InChI=1S/C17H25NO/c1-4-5-7-15-12-18(8-6-9-19)17-11-14(3)13(2)10-16(15)17/h10-12,19H,4-9H2,1-3H3. The fourth-order valence-corrected chi connectivity index (χ4v) is 2.62. The number of hydrogen-bond acceptors (Lipinski definition) is 1. The summed E-state index contributed by atoms with van der Waals surface area (Å²) in [6.45, 7) is 7.75. The second-order valence-electron chi connectivity index (χ2n) is 5.48. The van der Waals surface area contributed by atoms with Crippen LogP contribution in [-0.4, -0.2) is 16.3 Å². The van der Waals surface area contributed by atoms with Crippen molar-refractivity contribution in [1.82, 2.24) is 4.57 Å². The Kier molecular flexibility index (Phi) is 4.65. The predicted octanol–water partition coefficient (Wildman–Crippen LogP) is 3.98. The van der Waals surface area contributed by atoms with Crippen LogP contribution in [0.1, 0.15) is 42.9 Å². The molecule has 0 fully saturated rings. The zero-order valence-corrected chi connectivity index (χ0v) is 12.4. The largest absolute Gasteiger partial charge is 0.396 e. The summed E-state index contributed by atoms with van der Waals surface area (Å²) in [7, 11) is 0. The van der Waals surface area contributed by atoms with Gasteiger partial charge in [-0.15, -0.1) is 0 Å². The number of nitrogens with zero attached hydrogens (tertiary/aromatic N) is 1. The maximum Gasteiger partial charge on any atom is 0.0486 e. The Morgan fingerprint density at radius 2 is 1.84 bits per heavy atom. The molecule has 0 aliphatic rings. The van der Waals surface area contributed by atoms with Crippen molar-refractivity contribution in [3.63, 3.8) is 0 Å². The summed E-state index contributed by atoms with van der Waals surface area (Å²) in [5, 5.41) is 10.4. The Balaban J connectivity index is 2.46. The molecule has 104 valence electrons. The van der Waals surface area contributed by atoms with Crippen molar-refractivity contribution in [2.24, 2.45) is 0 Å². The molecular formula is C17H25NO. The number of unbranched alkanes of at least 4 members (excludes halogenated alkanes) is 1. The van der Waals surface area contributed by atoms with Crippen LogP contribution in [0.15, 0.2) is 18.3 Å². The van der Waals surface area contributed by atoms with Crippen LogP contribution in [-0.2, 0) is 13.0 Å². The molecule has 19 heavy (non-hydrogen) atoms. The Morgan fingerprint density at radius 1 is 1.11 bits per heavy atom. The van der Waals surface area contributed by atoms with E-state index in [1.165, 1.54) is 40.4 Å². The normalized spacial score (nSPS) is 11.4. The number of aryl methyl sites for hydroxylation is 4. The highest BCUT2D eigenvalue weighted by molar-refractivity contribution is 5.85. The minimum atomic E-state index is 0.259. The van der Waals surface area contributed by atoms with Gasteiger partial charge < -0.3 is 9.67 Å². The van der Waals surface area contributed by atoms with Gasteiger partial charge in [0.05, 0.1) is 0 Å². The molecule has 0 amide bonds. The molecule has 0 aliphatic carbocycles. The zero-order chi connectivity index (χ0) is 13.8. The van der Waals surface area contributed by atoms with E-state index in [1.54, 1.807) is 0 Å². The molecule has 0 radical (unpaired) electrons. The van der Waals surface area contributed by atoms with E-state index < -0.39 is 0 Å². The van der Waals surface area contributed by atoms with Gasteiger partial charge in [0.1, 0.15) is 0 Å². The molecule has 1 N–H and O–H groups in total. The summed E-state index contributed by atoms with van der Waals surface area (Å²) in [5.74, 6) is 0. The van der Waals surface area contributed by atoms with E-state index in [1.807, 2.05) is 0 Å². The summed E-state index contributed by atoms with van der Waals surface area (Å²) < 4.78 is 2.31. The Morgan fingerprint density at radius 3 is 2.53 bits per heavy atom. The summed E-state index contributed by atoms with van der Waals surface area (Å²) >= 11 is 0. The first-order valence-corrected chi connectivity index (χ1v) is 7.37. The monoisotopic (exact) mass is 259 g/mol. The van der Waals surface area contributed by atoms with Crippen LogP contribution < -0.4 is 0 Å². The maximum atomic E-state index is 9.03. The lowest BCUT2D eigenvalue weighted by Gasteiger charge is -2.06. The third-order valence-electron chi connectivity index (χ3n) is 3.94. The number of aliphatic hydroxyl groups excluding tert-OH is 1. The van der Waals surface area contributed by atoms with Crippen molar-refractivity contribution in [3.8, 4) is 0 Å². The highest BCUT2D eigenvalue weighted by Gasteiger charge is 2.09. The quantitative estimate of drug-likeness (QED) is 0.834. The van der Waals surface area contributed by atoms with E-state index in [9.17, 15) is 0 Å². The van der Waals surface area contributed by atoms with Crippen LogP contribution in [0.3, 0.4) is 0 Å². The average Bonchev–Trinajstić information content (AvgIpc) is 2.72. The van der Waals surface area contributed by atoms with E-state index in [0.717, 1.165) is 19.4 Å². The van der Waals surface area contributed by atoms with Crippen molar-refractivity contribution in [2.75, 3.05) is 6.61 Å². The molecule has 0 saturated heterocycles. The summed E-state index contributed by atoms with van der Waals surface area (Å²) in [6.07, 6.45) is 6.74. The summed E-state index contributed by atoms with van der Waals surface area (Å²) in [6, 6.07) is 4.61. The number of aromatic nitrogens is 1. The third-order valence-corrected chi connectivity index (χ3v) is 3.94. The Bertz CT molecular complexity index is 506. The molecule has 0 atom stereocenters. The molecule has 0 bridgehead atoms. The lowest BCUT2D eigenvalue weighted by Crippen LogP contribution is -1.98. The lowest BCUT2D eigenvalue weighted by atomic mass is 10.0. The molecule has 1 aromatic carbocycles. The molecule has 0 saturated carbocycles. The number of aliphatic hydroxyl groups is 1. The van der Waals surface area contributed by atoms with Gasteiger partial charge in [0.2, 0.25) is 0 Å². The molecule has 0 aliphatic heterocycles. The maximum absolute atomic E-state index is 9.03. The highest BCUT2D eigenvalue weighted by Crippen LogP contribution is 2.26. The first kappa shape index (κ1) is 14.1. The number of fused-ring (bicyclic) bond motifs is 1. The van der Waals surface area contributed by atoms with Gasteiger partial charge in [-0.05, 0) is 61.9 Å². The minimum Gasteiger partial charge on any atom is -0.396 e. The molecule has 1 heterocycles. The molecule has 0 spiro atoms. The molecule has 1 aromatic heterocycles. The Labute approximate surface area is 116 Å². The van der Waals surface area contributed by atoms with Gasteiger partial charge in [0.25, 0.3) is 0 Å². The van der Waals surface area contributed by atoms with E-state index in [0.29, 0.717) is 0 Å². The number of benzene rings is 1. The first-order chi connectivity index (χ1) is 9.17. The van der Waals surface area contributed by atoms with Gasteiger partial charge in [-0.25, -0.2) is 0 Å². The van der Waals surface area contributed by atoms with E-state index in [4.69, 9.17) is 5.11 Å². The van der Waals surface area contributed by atoms with Gasteiger partial charge in [0, 0.05) is 30.3 Å². The van der Waals surface area contributed by atoms with Crippen molar-refractivity contribution >= 4 is 10.9 Å². The molecular weight excluding hydrogens is 234 g/mol. The van der Waals surface area contributed by atoms with E-state index in [-0.39, 0.29) is 6.61 Å². The van der Waals surface area contributed by atoms with Crippen LogP contribution in [0.5, 0.6) is 0 Å². The molecule has 2 rings (SSSR count). The second kappa shape index (κ2) is 6.25. The fraction of sp³-hybridized carbons (Fsp3) is 0.529. The second-order valence-corrected chi connectivity index (χ2v) is 5.48. The Hall–Kier alpha value is -1.28. The fourth-order valence-electron chi connectivity index (χ4n) is 2.62. The average molecular weight is 259 g/mol. The van der Waals surface area contributed by atoms with Gasteiger partial charge in [0.15, 0.2) is 0 Å². The summed E-state index contributed by atoms with van der Waals surface area (Å²) in [4.78, 5) is 0. The predicted molar refractivity (Wildman–Crippen MR) is 81.7 cm³/mol. The van der Waals surface area contributed by atoms with Crippen molar-refractivity contribution < 1.29 is 5.11 Å². The number of hydrogen-bond donors (Lipinski definition) is 1. The summed E-state index contributed by atoms with van der Waals surface area (Å²) in [5.41, 5.74) is 5.49. The zero-order valence-electron chi connectivity index (χ0n) is 12.4. The molecule has 2 heteroatoms.